The van der Waals surface area contributed by atoms with Crippen LogP contribution < -0.4 is 0 Å². The van der Waals surface area contributed by atoms with Gasteiger partial charge in [0.25, 0.3) is 0 Å². The highest BCUT2D eigenvalue weighted by molar-refractivity contribution is 5.02. The first-order valence-corrected chi connectivity index (χ1v) is 2.94. The van der Waals surface area contributed by atoms with Crippen molar-refractivity contribution in [3.63, 3.8) is 0 Å². The van der Waals surface area contributed by atoms with Crippen LogP contribution in [-0.2, 0) is 0 Å². The number of allylic oxidation sites excluding steroid dienone is 2. The molecule has 0 heterocycles. The van der Waals surface area contributed by atoms with E-state index in [1.807, 2.05) is 13.8 Å². The summed E-state index contributed by atoms with van der Waals surface area (Å²) in [6.45, 7) is 4.41. The van der Waals surface area contributed by atoms with Gasteiger partial charge in [-0.25, -0.2) is 4.39 Å². The second-order valence-electron chi connectivity index (χ2n) is 1.35. The normalized spacial score (nSPS) is 13.1. The van der Waals surface area contributed by atoms with Gasteiger partial charge in [0.1, 0.15) is 5.83 Å². The van der Waals surface area contributed by atoms with Crippen LogP contribution in [0, 0.1) is 0 Å². The molecule has 0 N–H and O–H groups in total. The molecule has 0 radical (unpaired) electrons. The number of rotatable bonds is 0. The van der Waals surface area contributed by atoms with E-state index in [-0.39, 0.29) is 0 Å². The fourth-order valence-electron chi connectivity index (χ4n) is 0.195. The summed E-state index contributed by atoms with van der Waals surface area (Å²) in [5.41, 5.74) is 0. The minimum absolute atomic E-state index is 0.406. The van der Waals surface area contributed by atoms with Crippen molar-refractivity contribution >= 4 is 0 Å². The quantitative estimate of drug-likeness (QED) is 0.493. The van der Waals surface area contributed by atoms with E-state index in [2.05, 4.69) is 0 Å². The Labute approximate surface area is 61.7 Å². The summed E-state index contributed by atoms with van der Waals surface area (Å²) in [7, 11) is 0. The Bertz CT molecular complexity index is 128. The summed E-state index contributed by atoms with van der Waals surface area (Å²) in [5, 5.41) is 0. The van der Waals surface area contributed by atoms with E-state index >= 15 is 0 Å². The van der Waals surface area contributed by atoms with E-state index in [0.29, 0.717) is 6.92 Å². The Balaban J connectivity index is 0. The molecule has 0 saturated carbocycles. The van der Waals surface area contributed by atoms with Crippen LogP contribution in [-0.4, -0.2) is 6.18 Å². The smallest absolute Gasteiger partial charge is 0.209 e. The van der Waals surface area contributed by atoms with Crippen molar-refractivity contribution in [3.05, 3.63) is 11.7 Å². The Morgan fingerprint density at radius 1 is 1.00 bits per heavy atom. The maximum absolute atomic E-state index is 11.4. The Morgan fingerprint density at radius 3 is 1.27 bits per heavy atom. The summed E-state index contributed by atoms with van der Waals surface area (Å²) in [6.07, 6.45) is -5.18. The third kappa shape index (κ3) is 5.82. The lowest BCUT2D eigenvalue weighted by Crippen LogP contribution is -2.08. The van der Waals surface area contributed by atoms with E-state index in [1.54, 1.807) is 0 Å². The predicted molar refractivity (Wildman–Crippen MR) is 32.3 cm³/mol. The molecular formula is C6H9F5. The van der Waals surface area contributed by atoms with Crippen LogP contribution in [0.25, 0.3) is 0 Å². The van der Waals surface area contributed by atoms with E-state index < -0.39 is 17.8 Å². The first-order valence-electron chi connectivity index (χ1n) is 2.94. The molecule has 0 nitrogen and oxygen atoms in total. The molecule has 0 aliphatic rings. The monoisotopic (exact) mass is 176 g/mol. The minimum atomic E-state index is -5.18. The molecule has 0 aromatic heterocycles. The fraction of sp³-hybridized carbons (Fsp3) is 0.667. The molecule has 0 rings (SSSR count). The van der Waals surface area contributed by atoms with Crippen molar-refractivity contribution in [3.8, 4) is 0 Å². The van der Waals surface area contributed by atoms with Crippen molar-refractivity contribution in [2.24, 2.45) is 0 Å². The summed E-state index contributed by atoms with van der Waals surface area (Å²) in [5.74, 6) is -4.51. The SMILES string of the molecule is C/C(F)=C(/F)C(F)(F)F.CC. The van der Waals surface area contributed by atoms with E-state index in [1.165, 1.54) is 0 Å². The zero-order chi connectivity index (χ0) is 9.65. The van der Waals surface area contributed by atoms with Crippen molar-refractivity contribution < 1.29 is 22.0 Å². The van der Waals surface area contributed by atoms with E-state index in [4.69, 9.17) is 0 Å². The van der Waals surface area contributed by atoms with Gasteiger partial charge in [-0.05, 0) is 6.92 Å². The Hall–Kier alpha value is -0.610. The van der Waals surface area contributed by atoms with Gasteiger partial charge in [0.05, 0.1) is 0 Å². The van der Waals surface area contributed by atoms with E-state index in [0.717, 1.165) is 0 Å². The van der Waals surface area contributed by atoms with Crippen LogP contribution in [0.4, 0.5) is 22.0 Å². The molecule has 0 spiro atoms. The molecule has 11 heavy (non-hydrogen) atoms. The number of alkyl halides is 3. The lowest BCUT2D eigenvalue weighted by atomic mass is 10.4. The van der Waals surface area contributed by atoms with Gasteiger partial charge < -0.3 is 0 Å². The van der Waals surface area contributed by atoms with Crippen LogP contribution in [0.5, 0.6) is 0 Å². The molecule has 0 bridgehead atoms. The topological polar surface area (TPSA) is 0 Å². The van der Waals surface area contributed by atoms with Gasteiger partial charge in [0, 0.05) is 0 Å². The predicted octanol–water partition coefficient (Wildman–Crippen LogP) is 3.75. The molecule has 0 amide bonds. The zero-order valence-electron chi connectivity index (χ0n) is 6.39. The highest BCUT2D eigenvalue weighted by Gasteiger charge is 2.36. The van der Waals surface area contributed by atoms with Crippen molar-refractivity contribution in [2.45, 2.75) is 26.9 Å². The second-order valence-corrected chi connectivity index (χ2v) is 1.35. The van der Waals surface area contributed by atoms with Crippen LogP contribution in [0.2, 0.25) is 0 Å². The first kappa shape index (κ1) is 13.0. The maximum Gasteiger partial charge on any atom is 0.445 e. The van der Waals surface area contributed by atoms with Gasteiger partial charge in [0.15, 0.2) is 0 Å². The Kier molecular flexibility index (Phi) is 6.03. The molecule has 0 aromatic carbocycles. The van der Waals surface area contributed by atoms with Crippen molar-refractivity contribution in [2.75, 3.05) is 0 Å². The minimum Gasteiger partial charge on any atom is -0.209 e. The summed E-state index contributed by atoms with van der Waals surface area (Å²) in [6, 6.07) is 0. The van der Waals surface area contributed by atoms with Gasteiger partial charge in [0.2, 0.25) is 5.83 Å². The molecule has 0 saturated heterocycles. The lowest BCUT2D eigenvalue weighted by molar-refractivity contribution is -0.111. The van der Waals surface area contributed by atoms with Crippen LogP contribution >= 0.6 is 0 Å². The molecule has 0 atom stereocenters. The third-order valence-electron chi connectivity index (χ3n) is 0.551. The highest BCUT2D eigenvalue weighted by atomic mass is 19.4. The van der Waals surface area contributed by atoms with Gasteiger partial charge >= 0.3 is 6.18 Å². The third-order valence-corrected chi connectivity index (χ3v) is 0.551. The number of hydrogen-bond acceptors (Lipinski definition) is 0. The summed E-state index contributed by atoms with van der Waals surface area (Å²) in [4.78, 5) is 0. The number of halogens is 5. The number of hydrogen-bond donors (Lipinski definition) is 0. The average molecular weight is 176 g/mol. The molecule has 0 aromatic rings. The second kappa shape index (κ2) is 5.09. The molecule has 0 unspecified atom stereocenters. The molecule has 0 fully saturated rings. The lowest BCUT2D eigenvalue weighted by Gasteiger charge is -2.00. The Morgan fingerprint density at radius 2 is 1.27 bits per heavy atom. The van der Waals surface area contributed by atoms with Crippen molar-refractivity contribution in [1.82, 2.24) is 0 Å². The van der Waals surface area contributed by atoms with Gasteiger partial charge in [-0.1, -0.05) is 13.8 Å². The van der Waals surface area contributed by atoms with Crippen molar-refractivity contribution in [1.29, 1.82) is 0 Å². The fourth-order valence-corrected chi connectivity index (χ4v) is 0.195. The van der Waals surface area contributed by atoms with Crippen LogP contribution in [0.3, 0.4) is 0 Å². The van der Waals surface area contributed by atoms with E-state index in [9.17, 15) is 22.0 Å². The summed E-state index contributed by atoms with van der Waals surface area (Å²) < 4.78 is 55.9. The highest BCUT2D eigenvalue weighted by Crippen LogP contribution is 2.29. The van der Waals surface area contributed by atoms with Gasteiger partial charge in [-0.3, -0.25) is 0 Å². The summed E-state index contributed by atoms with van der Waals surface area (Å²) >= 11 is 0. The van der Waals surface area contributed by atoms with Crippen LogP contribution in [0.1, 0.15) is 20.8 Å². The van der Waals surface area contributed by atoms with Gasteiger partial charge in [-0.15, -0.1) is 0 Å². The molecule has 5 heteroatoms. The molecular weight excluding hydrogens is 167 g/mol. The van der Waals surface area contributed by atoms with Gasteiger partial charge in [-0.2, -0.15) is 17.6 Å². The van der Waals surface area contributed by atoms with Crippen LogP contribution in [0.15, 0.2) is 11.7 Å². The maximum atomic E-state index is 11.4. The standard InChI is InChI=1S/C4H3F5.C2H6/c1-2(5)3(6)4(7,8)9;1-2/h1H3;1-2H3/b3-2-;. The molecule has 0 aliphatic carbocycles. The largest absolute Gasteiger partial charge is 0.445 e. The first-order chi connectivity index (χ1) is 4.85. The average Bonchev–Trinajstić information content (AvgIpc) is 1.89. The molecule has 0 aliphatic heterocycles. The molecule has 68 valence electrons. The zero-order valence-corrected chi connectivity index (χ0v) is 6.39.